The quantitative estimate of drug-likeness (QED) is 0.736. The molecule has 0 aliphatic heterocycles. The third-order valence-electron chi connectivity index (χ3n) is 3.20. The molecule has 0 N–H and O–H groups in total. The summed E-state index contributed by atoms with van der Waals surface area (Å²) in [5.41, 5.74) is 1.03. The molecule has 0 radical (unpaired) electrons. The summed E-state index contributed by atoms with van der Waals surface area (Å²) in [4.78, 5) is 0. The number of rotatable bonds is 6. The summed E-state index contributed by atoms with van der Waals surface area (Å²) in [7, 11) is 5.15. The van der Waals surface area contributed by atoms with Crippen LogP contribution in [0.2, 0.25) is 0 Å². The fourth-order valence-electron chi connectivity index (χ4n) is 1.78. The van der Waals surface area contributed by atoms with E-state index in [2.05, 4.69) is 13.8 Å². The second kappa shape index (κ2) is 6.49. The molecule has 102 valence electrons. The molecule has 3 nitrogen and oxygen atoms in total. The van der Waals surface area contributed by atoms with Crippen molar-refractivity contribution in [1.29, 1.82) is 0 Å². The second-order valence-electron chi connectivity index (χ2n) is 4.19. The number of methoxy groups -OCH3 is 3. The SMILES string of the molecule is CCC(C)(PCl)c1cc(OC)cc(OC)c1OC. The summed E-state index contributed by atoms with van der Waals surface area (Å²) < 4.78 is 16.1. The van der Waals surface area contributed by atoms with Crippen LogP contribution in [0.5, 0.6) is 17.2 Å². The van der Waals surface area contributed by atoms with Gasteiger partial charge in [0.05, 0.1) is 21.3 Å². The zero-order valence-corrected chi connectivity index (χ0v) is 13.2. The van der Waals surface area contributed by atoms with E-state index < -0.39 is 0 Å². The second-order valence-corrected chi connectivity index (χ2v) is 6.05. The Balaban J connectivity index is 3.48. The molecule has 0 amide bonds. The average Bonchev–Trinajstić information content (AvgIpc) is 2.44. The first kappa shape index (κ1) is 15.4. The predicted octanol–water partition coefficient (Wildman–Crippen LogP) is 4.17. The lowest BCUT2D eigenvalue weighted by Gasteiger charge is -2.29. The number of halogens is 1. The van der Waals surface area contributed by atoms with Crippen molar-refractivity contribution in [3.8, 4) is 17.2 Å². The largest absolute Gasteiger partial charge is 0.497 e. The van der Waals surface area contributed by atoms with Crippen LogP contribution in [-0.4, -0.2) is 21.3 Å². The Kier molecular flexibility index (Phi) is 5.55. The minimum absolute atomic E-state index is 0.144. The molecule has 0 spiro atoms. The lowest BCUT2D eigenvalue weighted by atomic mass is 9.95. The smallest absolute Gasteiger partial charge is 0.165 e. The van der Waals surface area contributed by atoms with Crippen LogP contribution in [-0.2, 0) is 5.16 Å². The summed E-state index contributed by atoms with van der Waals surface area (Å²) >= 11 is 6.15. The normalized spacial score (nSPS) is 14.6. The minimum Gasteiger partial charge on any atom is -0.497 e. The average molecular weight is 291 g/mol. The fraction of sp³-hybridized carbons (Fsp3) is 0.538. The van der Waals surface area contributed by atoms with E-state index in [9.17, 15) is 0 Å². The lowest BCUT2D eigenvalue weighted by molar-refractivity contribution is 0.342. The highest BCUT2D eigenvalue weighted by molar-refractivity contribution is 7.69. The number of ether oxygens (including phenoxy) is 3. The molecule has 0 aliphatic rings. The molecule has 0 saturated carbocycles. The third kappa shape index (κ3) is 2.84. The van der Waals surface area contributed by atoms with Gasteiger partial charge in [0, 0.05) is 16.8 Å². The summed E-state index contributed by atoms with van der Waals surface area (Å²) in [5.74, 6) is 2.15. The molecule has 1 aromatic carbocycles. The van der Waals surface area contributed by atoms with Crippen LogP contribution in [0.3, 0.4) is 0 Å². The maximum Gasteiger partial charge on any atom is 0.165 e. The van der Waals surface area contributed by atoms with E-state index in [0.29, 0.717) is 5.75 Å². The van der Waals surface area contributed by atoms with Crippen LogP contribution in [0, 0.1) is 0 Å². The van der Waals surface area contributed by atoms with Crippen molar-refractivity contribution < 1.29 is 14.2 Å². The van der Waals surface area contributed by atoms with Gasteiger partial charge in [0.2, 0.25) is 0 Å². The summed E-state index contributed by atoms with van der Waals surface area (Å²) in [6.07, 6.45) is 0.918. The van der Waals surface area contributed by atoms with Crippen molar-refractivity contribution in [1.82, 2.24) is 0 Å². The van der Waals surface area contributed by atoms with E-state index in [0.717, 1.165) is 23.5 Å². The Morgan fingerprint density at radius 1 is 1.17 bits per heavy atom. The van der Waals surface area contributed by atoms with Gasteiger partial charge in [-0.1, -0.05) is 25.1 Å². The van der Waals surface area contributed by atoms with Gasteiger partial charge in [-0.25, -0.2) is 0 Å². The van der Waals surface area contributed by atoms with Gasteiger partial charge in [-0.2, -0.15) is 0 Å². The summed E-state index contributed by atoms with van der Waals surface area (Å²) in [5, 5.41) is -0.144. The first-order valence-electron chi connectivity index (χ1n) is 5.74. The van der Waals surface area contributed by atoms with Crippen molar-refractivity contribution in [2.45, 2.75) is 25.4 Å². The Labute approximate surface area is 115 Å². The van der Waals surface area contributed by atoms with Crippen molar-refractivity contribution in [2.24, 2.45) is 0 Å². The van der Waals surface area contributed by atoms with Gasteiger partial charge < -0.3 is 14.2 Å². The van der Waals surface area contributed by atoms with Gasteiger partial charge >= 0.3 is 0 Å². The molecule has 0 heterocycles. The Morgan fingerprint density at radius 2 is 1.83 bits per heavy atom. The molecule has 0 saturated heterocycles. The predicted molar refractivity (Wildman–Crippen MR) is 77.9 cm³/mol. The standard InChI is InChI=1S/C13H20ClO3P/c1-6-13(2,18-14)10-7-9(15-3)8-11(16-4)12(10)17-5/h7-8,18H,6H2,1-5H3. The van der Waals surface area contributed by atoms with Crippen LogP contribution < -0.4 is 14.2 Å². The zero-order valence-electron chi connectivity index (χ0n) is 11.5. The lowest BCUT2D eigenvalue weighted by Crippen LogP contribution is -2.15. The highest BCUT2D eigenvalue weighted by atomic mass is 35.7. The van der Waals surface area contributed by atoms with Crippen molar-refractivity contribution >= 4 is 19.2 Å². The number of benzene rings is 1. The first-order chi connectivity index (χ1) is 8.56. The molecule has 1 aromatic rings. The molecule has 2 unspecified atom stereocenters. The molecule has 0 aromatic heterocycles. The molecular formula is C13H20ClO3P. The third-order valence-corrected chi connectivity index (χ3v) is 5.49. The topological polar surface area (TPSA) is 27.7 Å². The fourth-order valence-corrected chi connectivity index (χ4v) is 2.90. The van der Waals surface area contributed by atoms with E-state index in [-0.39, 0.29) is 13.1 Å². The van der Waals surface area contributed by atoms with Crippen LogP contribution in [0.1, 0.15) is 25.8 Å². The molecule has 0 fully saturated rings. The first-order valence-corrected chi connectivity index (χ1v) is 7.75. The van der Waals surface area contributed by atoms with Crippen LogP contribution in [0.25, 0.3) is 0 Å². The summed E-state index contributed by atoms with van der Waals surface area (Å²) in [6, 6.07) is 3.79. The maximum absolute atomic E-state index is 6.15. The van der Waals surface area contributed by atoms with E-state index in [1.807, 2.05) is 12.1 Å². The van der Waals surface area contributed by atoms with Crippen molar-refractivity contribution in [3.63, 3.8) is 0 Å². The molecule has 5 heteroatoms. The van der Waals surface area contributed by atoms with Gasteiger partial charge in [0.1, 0.15) is 5.75 Å². The van der Waals surface area contributed by atoms with Crippen LogP contribution in [0.15, 0.2) is 12.1 Å². The van der Waals surface area contributed by atoms with Crippen LogP contribution in [0.4, 0.5) is 0 Å². The van der Waals surface area contributed by atoms with Gasteiger partial charge in [0.25, 0.3) is 0 Å². The van der Waals surface area contributed by atoms with Gasteiger partial charge in [-0.05, 0) is 20.4 Å². The van der Waals surface area contributed by atoms with Gasteiger partial charge in [0.15, 0.2) is 11.5 Å². The van der Waals surface area contributed by atoms with Crippen LogP contribution >= 0.6 is 19.2 Å². The van der Waals surface area contributed by atoms with E-state index in [1.54, 1.807) is 21.3 Å². The van der Waals surface area contributed by atoms with E-state index >= 15 is 0 Å². The molecule has 2 atom stereocenters. The van der Waals surface area contributed by atoms with Gasteiger partial charge in [-0.15, -0.1) is 0 Å². The Hall–Kier alpha value is -0.660. The number of hydrogen-bond acceptors (Lipinski definition) is 3. The molecule has 1 rings (SSSR count). The summed E-state index contributed by atoms with van der Waals surface area (Å²) in [6.45, 7) is 4.23. The van der Waals surface area contributed by atoms with Crippen molar-refractivity contribution in [2.75, 3.05) is 21.3 Å². The molecular weight excluding hydrogens is 271 g/mol. The molecule has 0 aliphatic carbocycles. The number of hydrogen-bond donors (Lipinski definition) is 0. The highest BCUT2D eigenvalue weighted by Crippen LogP contribution is 2.53. The molecule has 18 heavy (non-hydrogen) atoms. The van der Waals surface area contributed by atoms with E-state index in [1.165, 1.54) is 0 Å². The minimum atomic E-state index is -0.144. The monoisotopic (exact) mass is 290 g/mol. The highest BCUT2D eigenvalue weighted by Gasteiger charge is 2.30. The molecule has 0 bridgehead atoms. The Bertz CT molecular complexity index is 405. The zero-order chi connectivity index (χ0) is 13.8. The Morgan fingerprint density at radius 3 is 2.22 bits per heavy atom. The van der Waals surface area contributed by atoms with Crippen molar-refractivity contribution in [3.05, 3.63) is 17.7 Å². The van der Waals surface area contributed by atoms with E-state index in [4.69, 9.17) is 25.5 Å². The maximum atomic E-state index is 6.15. The van der Waals surface area contributed by atoms with Gasteiger partial charge in [-0.3, -0.25) is 0 Å².